The average Bonchev–Trinajstić information content (AvgIpc) is 2.98. The van der Waals surface area contributed by atoms with Gasteiger partial charge < -0.3 is 11.1 Å². The quantitative estimate of drug-likeness (QED) is 0.372. The number of carbonyl (C=O) groups is 4. The zero-order chi connectivity index (χ0) is 21.5. The van der Waals surface area contributed by atoms with Crippen LogP contribution in [0.5, 0.6) is 0 Å². The first-order valence-electron chi connectivity index (χ1n) is 10.8. The van der Waals surface area contributed by atoms with Gasteiger partial charge in [-0.25, -0.2) is 0 Å². The number of nitrogens with zero attached hydrogens (tertiary/aromatic N) is 1. The average molecular weight is 415 g/mol. The minimum Gasteiger partial charge on any atom is -0.330 e. The lowest BCUT2D eigenvalue weighted by Crippen LogP contribution is -2.54. The van der Waals surface area contributed by atoms with Gasteiger partial charge in [0.2, 0.25) is 11.8 Å². The number of hydrogen-bond acceptors (Lipinski definition) is 6. The van der Waals surface area contributed by atoms with Crippen molar-refractivity contribution in [2.24, 2.45) is 5.73 Å². The van der Waals surface area contributed by atoms with E-state index in [1.807, 2.05) is 6.07 Å². The number of hydrogen-bond donors (Lipinski definition) is 3. The molecule has 8 nitrogen and oxygen atoms in total. The molecule has 2 heterocycles. The van der Waals surface area contributed by atoms with Crippen LogP contribution in [-0.4, -0.2) is 47.7 Å². The third-order valence-electron chi connectivity index (χ3n) is 5.68. The van der Waals surface area contributed by atoms with Gasteiger partial charge in [-0.05, 0) is 44.0 Å². The fourth-order valence-corrected chi connectivity index (χ4v) is 4.06. The van der Waals surface area contributed by atoms with E-state index in [0.29, 0.717) is 17.7 Å². The maximum Gasteiger partial charge on any atom is 0.262 e. The lowest BCUT2D eigenvalue weighted by molar-refractivity contribution is -0.136. The molecule has 0 aromatic heterocycles. The van der Waals surface area contributed by atoms with Crippen molar-refractivity contribution >= 4 is 23.6 Å². The van der Waals surface area contributed by atoms with E-state index in [0.717, 1.165) is 42.8 Å². The maximum atomic E-state index is 13.0. The molecule has 0 saturated carbocycles. The van der Waals surface area contributed by atoms with Gasteiger partial charge in [0.1, 0.15) is 6.04 Å². The summed E-state index contributed by atoms with van der Waals surface area (Å²) in [4.78, 5) is 50.4. The summed E-state index contributed by atoms with van der Waals surface area (Å²) in [6.07, 6.45) is 7.13. The van der Waals surface area contributed by atoms with Crippen LogP contribution in [0.4, 0.5) is 0 Å². The van der Waals surface area contributed by atoms with Crippen molar-refractivity contribution in [1.82, 2.24) is 15.5 Å². The minimum absolute atomic E-state index is 0.116. The highest BCUT2D eigenvalue weighted by Crippen LogP contribution is 2.29. The molecule has 3 rings (SSSR count). The molecule has 0 aliphatic carbocycles. The van der Waals surface area contributed by atoms with Crippen LogP contribution in [0.2, 0.25) is 0 Å². The van der Waals surface area contributed by atoms with Crippen LogP contribution < -0.4 is 16.4 Å². The van der Waals surface area contributed by atoms with Gasteiger partial charge in [0.05, 0.1) is 11.1 Å². The molecule has 1 aromatic carbocycles. The molecular formula is C22H30N4O4. The van der Waals surface area contributed by atoms with Crippen LogP contribution >= 0.6 is 0 Å². The fourth-order valence-electron chi connectivity index (χ4n) is 4.06. The number of amides is 4. The first-order chi connectivity index (χ1) is 14.5. The predicted molar refractivity (Wildman–Crippen MR) is 112 cm³/mol. The van der Waals surface area contributed by atoms with E-state index >= 15 is 0 Å². The number of benzene rings is 1. The van der Waals surface area contributed by atoms with Crippen LogP contribution in [0.1, 0.15) is 77.6 Å². The summed E-state index contributed by atoms with van der Waals surface area (Å²) in [5.41, 5.74) is 6.93. The van der Waals surface area contributed by atoms with E-state index < -0.39 is 23.8 Å². The molecule has 8 heteroatoms. The largest absolute Gasteiger partial charge is 0.330 e. The van der Waals surface area contributed by atoms with E-state index in [1.54, 1.807) is 12.1 Å². The number of imide groups is 2. The van der Waals surface area contributed by atoms with Crippen LogP contribution in [0.25, 0.3) is 0 Å². The van der Waals surface area contributed by atoms with Crippen LogP contribution in [0.15, 0.2) is 18.2 Å². The number of nitrogens with one attached hydrogen (secondary N) is 2. The van der Waals surface area contributed by atoms with Crippen LogP contribution in [-0.2, 0) is 16.1 Å². The normalized spacial score (nSPS) is 18.7. The highest BCUT2D eigenvalue weighted by molar-refractivity contribution is 6.24. The smallest absolute Gasteiger partial charge is 0.262 e. The molecule has 0 spiro atoms. The molecular weight excluding hydrogens is 384 g/mol. The Labute approximate surface area is 176 Å². The fraction of sp³-hybridized carbons (Fsp3) is 0.545. The van der Waals surface area contributed by atoms with Gasteiger partial charge in [0.15, 0.2) is 0 Å². The van der Waals surface area contributed by atoms with Crippen molar-refractivity contribution in [1.29, 1.82) is 0 Å². The molecule has 1 aromatic rings. The maximum absolute atomic E-state index is 13.0. The zero-order valence-corrected chi connectivity index (χ0v) is 17.2. The number of nitrogens with two attached hydrogens (primary N) is 1. The summed E-state index contributed by atoms with van der Waals surface area (Å²) in [5.74, 6) is -1.89. The lowest BCUT2D eigenvalue weighted by atomic mass is 10.0. The summed E-state index contributed by atoms with van der Waals surface area (Å²) in [6, 6.07) is 4.27. The molecule has 2 aliphatic heterocycles. The first kappa shape index (κ1) is 22.1. The molecule has 0 radical (unpaired) electrons. The lowest BCUT2D eigenvalue weighted by Gasteiger charge is -2.27. The summed E-state index contributed by atoms with van der Waals surface area (Å²) in [6.45, 7) is 2.07. The highest BCUT2D eigenvalue weighted by atomic mass is 16.2. The summed E-state index contributed by atoms with van der Waals surface area (Å²) < 4.78 is 0. The molecule has 4 amide bonds. The Balaban J connectivity index is 1.56. The molecule has 30 heavy (non-hydrogen) atoms. The van der Waals surface area contributed by atoms with Crippen molar-refractivity contribution in [3.8, 4) is 0 Å². The molecule has 162 valence electrons. The van der Waals surface area contributed by atoms with Gasteiger partial charge in [-0.2, -0.15) is 0 Å². The van der Waals surface area contributed by atoms with Crippen molar-refractivity contribution in [2.45, 2.75) is 64.0 Å². The minimum atomic E-state index is -0.935. The van der Waals surface area contributed by atoms with Crippen LogP contribution in [0, 0.1) is 0 Å². The van der Waals surface area contributed by atoms with E-state index in [9.17, 15) is 19.2 Å². The number of fused-ring (bicyclic) bond motifs is 1. The second-order valence-electron chi connectivity index (χ2n) is 7.87. The molecule has 4 N–H and O–H groups in total. The molecule has 0 bridgehead atoms. The SMILES string of the molecule is NCCCCCCCCNCc1cccc2c1C(=O)N(C1CCC(=O)NC1=O)C2=O. The summed E-state index contributed by atoms with van der Waals surface area (Å²) in [5, 5.41) is 5.57. The van der Waals surface area contributed by atoms with Gasteiger partial charge in [0.25, 0.3) is 11.8 Å². The van der Waals surface area contributed by atoms with Crippen molar-refractivity contribution in [3.63, 3.8) is 0 Å². The number of piperidine rings is 1. The Morgan fingerprint density at radius 2 is 1.73 bits per heavy atom. The molecule has 1 fully saturated rings. The number of rotatable bonds is 11. The van der Waals surface area contributed by atoms with Gasteiger partial charge in [-0.1, -0.05) is 37.8 Å². The first-order valence-corrected chi connectivity index (χ1v) is 10.8. The van der Waals surface area contributed by atoms with Crippen LogP contribution in [0.3, 0.4) is 0 Å². The molecule has 1 unspecified atom stereocenters. The van der Waals surface area contributed by atoms with E-state index in [-0.39, 0.29) is 18.7 Å². The monoisotopic (exact) mass is 414 g/mol. The van der Waals surface area contributed by atoms with Crippen molar-refractivity contribution in [2.75, 3.05) is 13.1 Å². The van der Waals surface area contributed by atoms with Gasteiger partial charge in [-0.15, -0.1) is 0 Å². The predicted octanol–water partition coefficient (Wildman–Crippen LogP) is 1.48. The van der Waals surface area contributed by atoms with Crippen molar-refractivity contribution in [3.05, 3.63) is 34.9 Å². The second-order valence-corrected chi connectivity index (χ2v) is 7.87. The van der Waals surface area contributed by atoms with E-state index in [1.165, 1.54) is 19.3 Å². The zero-order valence-electron chi connectivity index (χ0n) is 17.2. The summed E-state index contributed by atoms with van der Waals surface area (Å²) >= 11 is 0. The van der Waals surface area contributed by atoms with E-state index in [4.69, 9.17) is 5.73 Å². The summed E-state index contributed by atoms with van der Waals surface area (Å²) in [7, 11) is 0. The number of unbranched alkanes of at least 4 members (excludes halogenated alkanes) is 5. The number of carbonyl (C=O) groups excluding carboxylic acids is 4. The Bertz CT molecular complexity index is 823. The standard InChI is InChI=1S/C22H30N4O4/c23-12-5-3-1-2-4-6-13-24-14-15-8-7-9-16-19(15)22(30)26(21(16)29)17-10-11-18(27)25-20(17)28/h7-9,17,24H,1-6,10-14,23H2,(H,25,27,28). The van der Waals surface area contributed by atoms with E-state index in [2.05, 4.69) is 10.6 Å². The van der Waals surface area contributed by atoms with Gasteiger partial charge >= 0.3 is 0 Å². The molecule has 2 aliphatic rings. The third kappa shape index (κ3) is 4.94. The Morgan fingerprint density at radius 1 is 1.00 bits per heavy atom. The Hall–Kier alpha value is -2.58. The molecule has 1 saturated heterocycles. The Morgan fingerprint density at radius 3 is 2.47 bits per heavy atom. The molecule has 1 atom stereocenters. The third-order valence-corrected chi connectivity index (χ3v) is 5.68. The van der Waals surface area contributed by atoms with Crippen molar-refractivity contribution < 1.29 is 19.2 Å². The second kappa shape index (κ2) is 10.4. The highest BCUT2D eigenvalue weighted by Gasteiger charge is 2.45. The van der Waals surface area contributed by atoms with Gasteiger partial charge in [0, 0.05) is 13.0 Å². The Kier molecular flexibility index (Phi) is 7.70. The van der Waals surface area contributed by atoms with Gasteiger partial charge in [-0.3, -0.25) is 29.4 Å². The topological polar surface area (TPSA) is 122 Å².